The Morgan fingerprint density at radius 1 is 0.333 bits per heavy atom. The van der Waals surface area contributed by atoms with Crippen LogP contribution >= 0.6 is 0 Å². The highest BCUT2D eigenvalue weighted by Gasteiger charge is 2.25. The summed E-state index contributed by atoms with van der Waals surface area (Å²) in [6.45, 7) is 0. The molecule has 11 rings (SSSR count). The van der Waals surface area contributed by atoms with Crippen LogP contribution in [0.5, 0.6) is 0 Å². The third-order valence-electron chi connectivity index (χ3n) is 12.3. The Hall–Kier alpha value is -10.0. The summed E-state index contributed by atoms with van der Waals surface area (Å²) in [5.41, 5.74) is 13.6. The molecule has 0 atom stereocenters. The smallest absolute Gasteiger partial charge is 0.0998 e. The van der Waals surface area contributed by atoms with E-state index in [1.165, 1.54) is 0 Å². The molecule has 66 heavy (non-hydrogen) atoms. The Bertz CT molecular complexity index is 3850. The monoisotopic (exact) mass is 838 g/mol. The van der Waals surface area contributed by atoms with Crippen LogP contribution in [0.1, 0.15) is 27.8 Å². The van der Waals surface area contributed by atoms with Crippen LogP contribution < -0.4 is 0 Å². The molecular formula is C58H30N8. The fourth-order valence-electron chi connectivity index (χ4n) is 9.35. The summed E-state index contributed by atoms with van der Waals surface area (Å²) >= 11 is 0. The maximum absolute atomic E-state index is 10.9. The molecule has 0 spiro atoms. The molecular weight excluding hydrogens is 809 g/mol. The molecule has 8 nitrogen and oxygen atoms in total. The maximum atomic E-state index is 10.9. The lowest BCUT2D eigenvalue weighted by atomic mass is 9.97. The molecule has 0 N–H and O–H groups in total. The molecule has 0 aliphatic carbocycles. The zero-order valence-electron chi connectivity index (χ0n) is 34.9. The molecule has 3 heterocycles. The quantitative estimate of drug-likeness (QED) is 0.163. The lowest BCUT2D eigenvalue weighted by Crippen LogP contribution is -2.06. The first-order valence-corrected chi connectivity index (χ1v) is 21.1. The Kier molecular flexibility index (Phi) is 9.24. The predicted molar refractivity (Wildman–Crippen MR) is 258 cm³/mol. The lowest BCUT2D eigenvalue weighted by Gasteiger charge is -2.21. The van der Waals surface area contributed by atoms with Crippen molar-refractivity contribution in [1.29, 1.82) is 26.3 Å². The molecule has 302 valence electrons. The van der Waals surface area contributed by atoms with Gasteiger partial charge in [-0.25, -0.2) is 4.98 Å². The highest BCUT2D eigenvalue weighted by atomic mass is 15.0. The van der Waals surface area contributed by atoms with Crippen LogP contribution in [0.2, 0.25) is 0 Å². The third-order valence-corrected chi connectivity index (χ3v) is 12.3. The van der Waals surface area contributed by atoms with Crippen LogP contribution in [-0.2, 0) is 0 Å². The van der Waals surface area contributed by atoms with Gasteiger partial charge >= 0.3 is 0 Å². The second kappa shape index (κ2) is 15.7. The number of rotatable bonds is 6. The van der Waals surface area contributed by atoms with E-state index >= 15 is 0 Å². The summed E-state index contributed by atoms with van der Waals surface area (Å²) in [7, 11) is 0. The number of fused-ring (bicyclic) bond motifs is 6. The molecule has 0 amide bonds. The average Bonchev–Trinajstić information content (AvgIpc) is 3.90. The molecule has 0 aliphatic heterocycles. The van der Waals surface area contributed by atoms with E-state index in [-0.39, 0.29) is 0 Å². The Morgan fingerprint density at radius 3 is 1.30 bits per heavy atom. The average molecular weight is 839 g/mol. The Labute approximate surface area is 378 Å². The largest absolute Gasteiger partial charge is 0.308 e. The van der Waals surface area contributed by atoms with Gasteiger partial charge in [-0.2, -0.15) is 26.3 Å². The summed E-state index contributed by atoms with van der Waals surface area (Å²) in [5, 5.41) is 54.2. The summed E-state index contributed by atoms with van der Waals surface area (Å²) < 4.78 is 4.41. The van der Waals surface area contributed by atoms with E-state index in [2.05, 4.69) is 88.0 Å². The van der Waals surface area contributed by atoms with Gasteiger partial charge in [-0.1, -0.05) is 97.1 Å². The van der Waals surface area contributed by atoms with Crippen LogP contribution in [0, 0.1) is 56.7 Å². The third kappa shape index (κ3) is 6.22. The van der Waals surface area contributed by atoms with Gasteiger partial charge in [-0.3, -0.25) is 0 Å². The molecule has 0 bridgehead atoms. The minimum absolute atomic E-state index is 0.413. The lowest BCUT2D eigenvalue weighted by molar-refractivity contribution is 1.12. The van der Waals surface area contributed by atoms with E-state index in [0.29, 0.717) is 33.5 Å². The number of benzene rings is 8. The number of pyridine rings is 1. The van der Waals surface area contributed by atoms with Gasteiger partial charge < -0.3 is 9.13 Å². The minimum atomic E-state index is 0.413. The van der Waals surface area contributed by atoms with Gasteiger partial charge in [0.15, 0.2) is 0 Å². The second-order valence-electron chi connectivity index (χ2n) is 15.9. The standard InChI is InChI=1S/C58H30N8/c59-31-36-17-21-44(42(25-36)34-62)40-19-23-54-48(29-40)46-11-4-6-15-52(46)65(54)56-27-38(33-61)28-57(58(56)51-14-8-13-50(64-51)39-9-2-1-3-10-39)66-53-16-7-5-12-47(53)49-30-41(20-24-55(49)66)45-22-18-37(32-60)26-43(45)35-63/h1-30H. The second-order valence-corrected chi connectivity index (χ2v) is 15.9. The van der Waals surface area contributed by atoms with Gasteiger partial charge in [0.1, 0.15) is 0 Å². The summed E-state index contributed by atoms with van der Waals surface area (Å²) in [5.74, 6) is 0. The van der Waals surface area contributed by atoms with Crippen molar-refractivity contribution >= 4 is 43.6 Å². The SMILES string of the molecule is N#Cc1ccc(-c2ccc3c(c2)c2ccccc2n3-c2cc(C#N)cc(-n3c4ccccc4c4cc(-c5ccc(C#N)cc5C#N)ccc43)c2-c2cccc(-c3ccccc3)n2)c(C#N)c1. The fourth-order valence-corrected chi connectivity index (χ4v) is 9.35. The van der Waals surface area contributed by atoms with Gasteiger partial charge in [-0.15, -0.1) is 0 Å². The van der Waals surface area contributed by atoms with E-state index < -0.39 is 0 Å². The summed E-state index contributed by atoms with van der Waals surface area (Å²) in [4.78, 5) is 5.39. The van der Waals surface area contributed by atoms with Crippen molar-refractivity contribution in [3.63, 3.8) is 0 Å². The highest BCUT2D eigenvalue weighted by Crippen LogP contribution is 2.44. The molecule has 0 radical (unpaired) electrons. The van der Waals surface area contributed by atoms with Crippen LogP contribution in [-0.4, -0.2) is 14.1 Å². The molecule has 11 aromatic rings. The molecule has 0 fully saturated rings. The van der Waals surface area contributed by atoms with Crippen molar-refractivity contribution in [3.8, 4) is 86.5 Å². The predicted octanol–water partition coefficient (Wildman–Crippen LogP) is 13.3. The summed E-state index contributed by atoms with van der Waals surface area (Å²) in [6.07, 6.45) is 0. The van der Waals surface area contributed by atoms with E-state index in [4.69, 9.17) is 4.98 Å². The van der Waals surface area contributed by atoms with Gasteiger partial charge in [0.2, 0.25) is 0 Å². The van der Waals surface area contributed by atoms with Crippen LogP contribution in [0.15, 0.2) is 182 Å². The van der Waals surface area contributed by atoms with Gasteiger partial charge in [0, 0.05) is 32.7 Å². The normalized spacial score (nSPS) is 11.0. The summed E-state index contributed by atoms with van der Waals surface area (Å²) in [6, 6.07) is 70.3. The van der Waals surface area contributed by atoms with E-state index in [1.54, 1.807) is 24.3 Å². The van der Waals surface area contributed by atoms with Crippen molar-refractivity contribution in [1.82, 2.24) is 14.1 Å². The molecule has 3 aromatic heterocycles. The van der Waals surface area contributed by atoms with Gasteiger partial charge in [0.05, 0.1) is 103 Å². The van der Waals surface area contributed by atoms with E-state index in [1.807, 2.05) is 109 Å². The van der Waals surface area contributed by atoms with Gasteiger partial charge in [-0.05, 0) is 107 Å². The Morgan fingerprint density at radius 2 is 0.803 bits per heavy atom. The number of hydrogen-bond acceptors (Lipinski definition) is 6. The van der Waals surface area contributed by atoms with Crippen molar-refractivity contribution in [2.24, 2.45) is 0 Å². The van der Waals surface area contributed by atoms with Crippen LogP contribution in [0.3, 0.4) is 0 Å². The van der Waals surface area contributed by atoms with Crippen LogP contribution in [0.25, 0.3) is 99.8 Å². The number of para-hydroxylation sites is 2. The molecule has 0 unspecified atom stereocenters. The number of aromatic nitrogens is 3. The van der Waals surface area contributed by atoms with Gasteiger partial charge in [0.25, 0.3) is 0 Å². The minimum Gasteiger partial charge on any atom is -0.308 e. The maximum Gasteiger partial charge on any atom is 0.0998 e. The first-order chi connectivity index (χ1) is 32.5. The molecule has 8 heteroatoms. The first kappa shape index (κ1) is 38.9. The first-order valence-electron chi connectivity index (χ1n) is 21.1. The zero-order valence-corrected chi connectivity index (χ0v) is 34.9. The van der Waals surface area contributed by atoms with E-state index in [9.17, 15) is 26.3 Å². The van der Waals surface area contributed by atoms with Crippen molar-refractivity contribution in [2.75, 3.05) is 0 Å². The number of hydrogen-bond donors (Lipinski definition) is 0. The van der Waals surface area contributed by atoms with Crippen molar-refractivity contribution in [2.45, 2.75) is 0 Å². The van der Waals surface area contributed by atoms with Crippen LogP contribution in [0.4, 0.5) is 0 Å². The molecule has 0 saturated carbocycles. The molecule has 8 aromatic carbocycles. The molecule has 0 saturated heterocycles. The highest BCUT2D eigenvalue weighted by molar-refractivity contribution is 6.13. The Balaban J connectivity index is 1.24. The number of nitriles is 5. The van der Waals surface area contributed by atoms with Crippen molar-refractivity contribution in [3.05, 3.63) is 210 Å². The van der Waals surface area contributed by atoms with E-state index in [0.717, 1.165) is 94.1 Å². The topological polar surface area (TPSA) is 142 Å². The zero-order chi connectivity index (χ0) is 44.9. The molecule has 0 aliphatic rings. The van der Waals surface area contributed by atoms with Crippen molar-refractivity contribution < 1.29 is 0 Å². The number of nitrogens with zero attached hydrogens (tertiary/aromatic N) is 8. The fraction of sp³-hybridized carbons (Fsp3) is 0.